The van der Waals surface area contributed by atoms with Crippen LogP contribution in [0.5, 0.6) is 5.75 Å². The van der Waals surface area contributed by atoms with Crippen molar-refractivity contribution in [3.8, 4) is 16.9 Å². The third-order valence-corrected chi connectivity index (χ3v) is 6.82. The molecule has 31 heavy (non-hydrogen) atoms. The number of carbonyl (C=O) groups excluding carboxylic acids is 1. The van der Waals surface area contributed by atoms with Crippen LogP contribution in [0.15, 0.2) is 63.9 Å². The number of methoxy groups -OCH3 is 1. The van der Waals surface area contributed by atoms with E-state index in [1.807, 2.05) is 48.7 Å². The Hall–Kier alpha value is -3.10. The van der Waals surface area contributed by atoms with E-state index in [2.05, 4.69) is 5.32 Å². The number of thiophene rings is 1. The van der Waals surface area contributed by atoms with Crippen LogP contribution in [0.1, 0.15) is 5.56 Å². The maximum Gasteiger partial charge on any atom is 0.271 e. The Morgan fingerprint density at radius 3 is 2.68 bits per heavy atom. The minimum absolute atomic E-state index is 0.110. The van der Waals surface area contributed by atoms with Gasteiger partial charge in [-0.25, -0.2) is 4.98 Å². The highest BCUT2D eigenvalue weighted by molar-refractivity contribution is 7.99. The molecule has 0 unspecified atom stereocenters. The first kappa shape index (κ1) is 21.1. The molecule has 2 aromatic heterocycles. The van der Waals surface area contributed by atoms with Crippen LogP contribution in [-0.2, 0) is 11.8 Å². The first-order valence-electron chi connectivity index (χ1n) is 9.59. The summed E-state index contributed by atoms with van der Waals surface area (Å²) in [6.07, 6.45) is 0. The SMILES string of the molecule is COc1ccccc1NC(=O)CSc1nc2c(-c3ccc(C)cc3)csc2c(=O)n1C. The van der Waals surface area contributed by atoms with Gasteiger partial charge in [-0.15, -0.1) is 11.3 Å². The molecule has 0 saturated heterocycles. The van der Waals surface area contributed by atoms with Gasteiger partial charge in [0, 0.05) is 18.0 Å². The molecule has 0 aliphatic heterocycles. The Kier molecular flexibility index (Phi) is 6.11. The number of aryl methyl sites for hydroxylation is 1. The Morgan fingerprint density at radius 1 is 1.19 bits per heavy atom. The van der Waals surface area contributed by atoms with Crippen LogP contribution in [0.25, 0.3) is 21.3 Å². The molecule has 6 nitrogen and oxygen atoms in total. The molecule has 0 bridgehead atoms. The van der Waals surface area contributed by atoms with Crippen molar-refractivity contribution in [1.29, 1.82) is 0 Å². The number of ether oxygens (including phenoxy) is 1. The normalized spacial score (nSPS) is 10.9. The van der Waals surface area contributed by atoms with Crippen molar-refractivity contribution < 1.29 is 9.53 Å². The lowest BCUT2D eigenvalue weighted by Gasteiger charge is -2.10. The summed E-state index contributed by atoms with van der Waals surface area (Å²) in [5.41, 5.74) is 4.28. The predicted molar refractivity (Wildman–Crippen MR) is 127 cm³/mol. The van der Waals surface area contributed by atoms with Crippen LogP contribution < -0.4 is 15.6 Å². The molecular weight excluding hydrogens is 430 g/mol. The van der Waals surface area contributed by atoms with Gasteiger partial charge in [0.25, 0.3) is 5.56 Å². The number of hydrogen-bond acceptors (Lipinski definition) is 6. The zero-order chi connectivity index (χ0) is 22.0. The molecular formula is C23H21N3O3S2. The van der Waals surface area contributed by atoms with Crippen LogP contribution in [0, 0.1) is 6.92 Å². The number of anilines is 1. The molecule has 1 N–H and O–H groups in total. The van der Waals surface area contributed by atoms with E-state index in [4.69, 9.17) is 9.72 Å². The number of nitrogens with one attached hydrogen (secondary N) is 1. The molecule has 2 aromatic carbocycles. The summed E-state index contributed by atoms with van der Waals surface area (Å²) in [6, 6.07) is 15.4. The second-order valence-electron chi connectivity index (χ2n) is 6.99. The maximum absolute atomic E-state index is 12.9. The van der Waals surface area contributed by atoms with Crippen LogP contribution >= 0.6 is 23.1 Å². The fourth-order valence-corrected chi connectivity index (χ4v) is 4.91. The third kappa shape index (κ3) is 4.35. The Labute approximate surface area is 187 Å². The summed E-state index contributed by atoms with van der Waals surface area (Å²) in [7, 11) is 3.24. The number of hydrogen-bond donors (Lipinski definition) is 1. The van der Waals surface area contributed by atoms with Gasteiger partial charge in [0.2, 0.25) is 5.91 Å². The predicted octanol–water partition coefficient (Wildman–Crippen LogP) is 4.71. The highest BCUT2D eigenvalue weighted by Crippen LogP contribution is 2.32. The van der Waals surface area contributed by atoms with Crippen LogP contribution in [0.2, 0.25) is 0 Å². The molecule has 0 aliphatic rings. The van der Waals surface area contributed by atoms with Crippen molar-refractivity contribution in [3.05, 3.63) is 69.8 Å². The lowest BCUT2D eigenvalue weighted by molar-refractivity contribution is -0.113. The van der Waals surface area contributed by atoms with E-state index in [9.17, 15) is 9.59 Å². The van der Waals surface area contributed by atoms with E-state index < -0.39 is 0 Å². The second kappa shape index (κ2) is 8.95. The van der Waals surface area contributed by atoms with E-state index >= 15 is 0 Å². The van der Waals surface area contributed by atoms with Gasteiger partial charge >= 0.3 is 0 Å². The average molecular weight is 452 g/mol. The molecule has 0 saturated carbocycles. The number of thioether (sulfide) groups is 1. The fraction of sp³-hybridized carbons (Fsp3) is 0.174. The number of carbonyl (C=O) groups is 1. The van der Waals surface area contributed by atoms with E-state index in [-0.39, 0.29) is 17.2 Å². The third-order valence-electron chi connectivity index (χ3n) is 4.83. The molecule has 0 radical (unpaired) electrons. The number of benzene rings is 2. The quantitative estimate of drug-likeness (QED) is 0.340. The molecule has 0 atom stereocenters. The van der Waals surface area contributed by atoms with E-state index in [1.165, 1.54) is 33.2 Å². The monoisotopic (exact) mass is 451 g/mol. The number of rotatable bonds is 6. The van der Waals surface area contributed by atoms with Gasteiger partial charge < -0.3 is 10.1 Å². The molecule has 2 heterocycles. The molecule has 0 fully saturated rings. The standard InChI is InChI=1S/C23H21N3O3S2/c1-14-8-10-15(11-9-14)16-12-30-21-20(16)25-23(26(2)22(21)28)31-13-19(27)24-17-6-4-5-7-18(17)29-3/h4-12H,13H2,1-3H3,(H,24,27). The van der Waals surface area contributed by atoms with Gasteiger partial charge in [-0.3, -0.25) is 14.2 Å². The lowest BCUT2D eigenvalue weighted by Crippen LogP contribution is -2.21. The first-order valence-corrected chi connectivity index (χ1v) is 11.5. The number of fused-ring (bicyclic) bond motifs is 1. The van der Waals surface area contributed by atoms with E-state index in [0.29, 0.717) is 26.8 Å². The largest absolute Gasteiger partial charge is 0.495 e. The summed E-state index contributed by atoms with van der Waals surface area (Å²) < 4.78 is 7.38. The minimum Gasteiger partial charge on any atom is -0.495 e. The Bertz CT molecular complexity index is 1310. The molecule has 0 aliphatic carbocycles. The first-order chi connectivity index (χ1) is 15.0. The Morgan fingerprint density at radius 2 is 1.94 bits per heavy atom. The van der Waals surface area contributed by atoms with Crippen molar-refractivity contribution in [2.75, 3.05) is 18.2 Å². The van der Waals surface area contributed by atoms with Crippen LogP contribution in [0.3, 0.4) is 0 Å². The van der Waals surface area contributed by atoms with Crippen LogP contribution in [0.4, 0.5) is 5.69 Å². The Balaban J connectivity index is 1.59. The van der Waals surface area contributed by atoms with Gasteiger partial charge in [-0.1, -0.05) is 53.7 Å². The van der Waals surface area contributed by atoms with Gasteiger partial charge in [0.1, 0.15) is 10.4 Å². The lowest BCUT2D eigenvalue weighted by atomic mass is 10.1. The number of nitrogens with zero attached hydrogens (tertiary/aromatic N) is 2. The van der Waals surface area contributed by atoms with E-state index in [0.717, 1.165) is 11.1 Å². The molecule has 1 amide bonds. The summed E-state index contributed by atoms with van der Waals surface area (Å²) in [6.45, 7) is 2.04. The van der Waals surface area contributed by atoms with Crippen molar-refractivity contribution in [2.24, 2.45) is 7.05 Å². The summed E-state index contributed by atoms with van der Waals surface area (Å²) >= 11 is 2.62. The maximum atomic E-state index is 12.9. The van der Waals surface area contributed by atoms with Gasteiger partial charge in [-0.2, -0.15) is 0 Å². The van der Waals surface area contributed by atoms with Crippen molar-refractivity contribution in [3.63, 3.8) is 0 Å². The highest BCUT2D eigenvalue weighted by atomic mass is 32.2. The summed E-state index contributed by atoms with van der Waals surface area (Å²) in [4.78, 5) is 30.1. The molecule has 8 heteroatoms. The molecule has 4 aromatic rings. The molecule has 158 valence electrons. The van der Waals surface area contributed by atoms with Crippen molar-refractivity contribution >= 4 is 44.9 Å². The van der Waals surface area contributed by atoms with E-state index in [1.54, 1.807) is 26.3 Å². The topological polar surface area (TPSA) is 73.2 Å². The van der Waals surface area contributed by atoms with Crippen molar-refractivity contribution in [1.82, 2.24) is 9.55 Å². The smallest absolute Gasteiger partial charge is 0.271 e. The molecule has 4 rings (SSSR count). The second-order valence-corrected chi connectivity index (χ2v) is 8.81. The zero-order valence-corrected chi connectivity index (χ0v) is 19.0. The number of para-hydroxylation sites is 2. The van der Waals surface area contributed by atoms with Gasteiger partial charge in [0.15, 0.2) is 5.16 Å². The number of aromatic nitrogens is 2. The average Bonchev–Trinajstić information content (AvgIpc) is 3.20. The van der Waals surface area contributed by atoms with Gasteiger partial charge in [-0.05, 0) is 24.6 Å². The zero-order valence-electron chi connectivity index (χ0n) is 17.3. The highest BCUT2D eigenvalue weighted by Gasteiger charge is 2.16. The van der Waals surface area contributed by atoms with Crippen LogP contribution in [-0.4, -0.2) is 28.3 Å². The fourth-order valence-electron chi connectivity index (χ4n) is 3.16. The summed E-state index contributed by atoms with van der Waals surface area (Å²) in [5, 5.41) is 5.31. The van der Waals surface area contributed by atoms with Crippen molar-refractivity contribution in [2.45, 2.75) is 12.1 Å². The summed E-state index contributed by atoms with van der Waals surface area (Å²) in [5.74, 6) is 0.509. The molecule has 0 spiro atoms. The van der Waals surface area contributed by atoms with Gasteiger partial charge in [0.05, 0.1) is 24.1 Å². The minimum atomic E-state index is -0.201. The number of amides is 1.